The molecule has 0 saturated heterocycles. The number of amides is 1. The summed E-state index contributed by atoms with van der Waals surface area (Å²) in [4.78, 5) is 24.3. The normalized spacial score (nSPS) is 12.1. The van der Waals surface area contributed by atoms with Gasteiger partial charge >= 0.3 is 5.97 Å². The molecule has 0 heterocycles. The van der Waals surface area contributed by atoms with Crippen molar-refractivity contribution in [2.75, 3.05) is 6.61 Å². The molecule has 0 bridgehead atoms. The Hall–Kier alpha value is -3.20. The summed E-state index contributed by atoms with van der Waals surface area (Å²) in [6, 6.07) is 21.8. The second-order valence-corrected chi connectivity index (χ2v) is 9.37. The van der Waals surface area contributed by atoms with E-state index in [4.69, 9.17) is 16.3 Å². The first-order valence-corrected chi connectivity index (χ1v) is 12.0. The van der Waals surface area contributed by atoms with E-state index in [1.165, 1.54) is 12.1 Å². The molecular formula is C24H23ClN2O5S. The average molecular weight is 487 g/mol. The number of ether oxygens (including phenoxy) is 1. The second kappa shape index (κ2) is 11.1. The Labute approximate surface area is 197 Å². The fourth-order valence-corrected chi connectivity index (χ4v) is 4.55. The molecule has 0 fully saturated rings. The van der Waals surface area contributed by atoms with Crippen LogP contribution in [0.2, 0.25) is 5.02 Å². The molecule has 33 heavy (non-hydrogen) atoms. The van der Waals surface area contributed by atoms with E-state index in [-0.39, 0.29) is 28.1 Å². The Morgan fingerprint density at radius 3 is 2.27 bits per heavy atom. The molecule has 3 aromatic carbocycles. The van der Waals surface area contributed by atoms with Gasteiger partial charge in [0.2, 0.25) is 10.0 Å². The first-order chi connectivity index (χ1) is 15.8. The number of esters is 1. The summed E-state index contributed by atoms with van der Waals surface area (Å²) in [5.41, 5.74) is 1.64. The van der Waals surface area contributed by atoms with Gasteiger partial charge in [-0.05, 0) is 36.2 Å². The third kappa shape index (κ3) is 6.89. The lowest BCUT2D eigenvalue weighted by Gasteiger charge is -2.14. The van der Waals surface area contributed by atoms with Crippen LogP contribution < -0.4 is 10.0 Å². The van der Waals surface area contributed by atoms with Crippen LogP contribution in [0, 0.1) is 0 Å². The topological polar surface area (TPSA) is 102 Å². The smallest absolute Gasteiger partial charge is 0.338 e. The summed E-state index contributed by atoms with van der Waals surface area (Å²) in [5.74, 6) is -1.32. The zero-order valence-corrected chi connectivity index (χ0v) is 19.4. The first kappa shape index (κ1) is 24.4. The fraction of sp³-hybridized carbons (Fsp3) is 0.167. The summed E-state index contributed by atoms with van der Waals surface area (Å²) in [6.45, 7) is 1.37. The van der Waals surface area contributed by atoms with Crippen LogP contribution in [0.5, 0.6) is 0 Å². The lowest BCUT2D eigenvalue weighted by molar-refractivity contribution is -0.124. The highest BCUT2D eigenvalue weighted by Crippen LogP contribution is 2.23. The summed E-state index contributed by atoms with van der Waals surface area (Å²) in [7, 11) is -3.99. The Morgan fingerprint density at radius 2 is 1.61 bits per heavy atom. The minimum Gasteiger partial charge on any atom is -0.452 e. The molecule has 0 unspecified atom stereocenters. The predicted octanol–water partition coefficient (Wildman–Crippen LogP) is 3.85. The van der Waals surface area contributed by atoms with Crippen molar-refractivity contribution < 1.29 is 22.7 Å². The van der Waals surface area contributed by atoms with Gasteiger partial charge in [0, 0.05) is 6.54 Å². The first-order valence-electron chi connectivity index (χ1n) is 10.1. The van der Waals surface area contributed by atoms with Crippen molar-refractivity contribution in [3.8, 4) is 0 Å². The molecule has 0 spiro atoms. The summed E-state index contributed by atoms with van der Waals surface area (Å²) < 4.78 is 32.9. The molecule has 2 N–H and O–H groups in total. The van der Waals surface area contributed by atoms with Gasteiger partial charge in [-0.25, -0.2) is 17.9 Å². The molecule has 0 aliphatic carbocycles. The van der Waals surface area contributed by atoms with Gasteiger partial charge < -0.3 is 10.1 Å². The minimum atomic E-state index is -3.99. The van der Waals surface area contributed by atoms with Gasteiger partial charge in [-0.1, -0.05) is 72.3 Å². The van der Waals surface area contributed by atoms with E-state index in [1.807, 2.05) is 43.3 Å². The maximum absolute atomic E-state index is 12.7. The average Bonchev–Trinajstić information content (AvgIpc) is 2.82. The van der Waals surface area contributed by atoms with Gasteiger partial charge in [0.05, 0.1) is 16.6 Å². The number of hydrogen-bond donors (Lipinski definition) is 2. The molecule has 7 nitrogen and oxygen atoms in total. The molecule has 172 valence electrons. The molecule has 9 heteroatoms. The molecule has 1 atom stereocenters. The molecule has 0 aliphatic rings. The van der Waals surface area contributed by atoms with E-state index in [2.05, 4.69) is 10.0 Å². The highest BCUT2D eigenvalue weighted by Gasteiger charge is 2.21. The lowest BCUT2D eigenvalue weighted by Crippen LogP contribution is -2.31. The lowest BCUT2D eigenvalue weighted by atomic mass is 10.1. The monoisotopic (exact) mass is 486 g/mol. The van der Waals surface area contributed by atoms with Gasteiger partial charge in [-0.2, -0.15) is 0 Å². The molecule has 0 radical (unpaired) electrons. The largest absolute Gasteiger partial charge is 0.452 e. The van der Waals surface area contributed by atoms with E-state index >= 15 is 0 Å². The summed E-state index contributed by atoms with van der Waals surface area (Å²) >= 11 is 6.07. The van der Waals surface area contributed by atoms with Gasteiger partial charge in [0.1, 0.15) is 4.90 Å². The Kier molecular flexibility index (Phi) is 8.21. The second-order valence-electron chi connectivity index (χ2n) is 7.23. The van der Waals surface area contributed by atoms with Crippen LogP contribution in [0.3, 0.4) is 0 Å². The van der Waals surface area contributed by atoms with Crippen molar-refractivity contribution >= 4 is 33.5 Å². The maximum Gasteiger partial charge on any atom is 0.338 e. The van der Waals surface area contributed by atoms with Crippen molar-refractivity contribution in [3.05, 3.63) is 101 Å². The summed E-state index contributed by atoms with van der Waals surface area (Å²) in [5, 5.41) is 2.70. The number of benzene rings is 3. The zero-order valence-electron chi connectivity index (χ0n) is 17.8. The van der Waals surface area contributed by atoms with Crippen LogP contribution in [0.4, 0.5) is 0 Å². The molecular weight excluding hydrogens is 464 g/mol. The van der Waals surface area contributed by atoms with Crippen molar-refractivity contribution in [2.45, 2.75) is 24.4 Å². The fourth-order valence-electron chi connectivity index (χ4n) is 3.01. The highest BCUT2D eigenvalue weighted by atomic mass is 35.5. The van der Waals surface area contributed by atoms with Crippen molar-refractivity contribution in [2.24, 2.45) is 0 Å². The van der Waals surface area contributed by atoms with Gasteiger partial charge in [0.25, 0.3) is 5.91 Å². The molecule has 1 amide bonds. The maximum atomic E-state index is 12.7. The highest BCUT2D eigenvalue weighted by molar-refractivity contribution is 7.89. The quantitative estimate of drug-likeness (QED) is 0.447. The van der Waals surface area contributed by atoms with Crippen molar-refractivity contribution in [1.29, 1.82) is 0 Å². The number of halogens is 1. The number of carbonyl (C=O) groups is 2. The van der Waals surface area contributed by atoms with Crippen LogP contribution in [-0.2, 0) is 26.1 Å². The van der Waals surface area contributed by atoms with Gasteiger partial charge in [-0.15, -0.1) is 0 Å². The van der Waals surface area contributed by atoms with E-state index in [9.17, 15) is 18.0 Å². The van der Waals surface area contributed by atoms with Crippen molar-refractivity contribution in [3.63, 3.8) is 0 Å². The number of hydrogen-bond acceptors (Lipinski definition) is 5. The van der Waals surface area contributed by atoms with Crippen LogP contribution in [0.25, 0.3) is 0 Å². The number of carbonyl (C=O) groups excluding carboxylic acids is 2. The minimum absolute atomic E-state index is 0.0385. The molecule has 0 saturated carbocycles. The van der Waals surface area contributed by atoms with Crippen LogP contribution in [-0.4, -0.2) is 26.9 Å². The molecule has 0 aromatic heterocycles. The Bertz CT molecular complexity index is 1220. The molecule has 3 aromatic rings. The van der Waals surface area contributed by atoms with Gasteiger partial charge in [-0.3, -0.25) is 4.79 Å². The predicted molar refractivity (Wildman–Crippen MR) is 125 cm³/mol. The van der Waals surface area contributed by atoms with Crippen LogP contribution in [0.15, 0.2) is 83.8 Å². The standard InChI is InChI=1S/C24H23ClN2O5S/c1-17(19-10-6-3-7-11-19)27-23(28)16-32-24(29)20-12-13-21(25)22(14-20)33(30,31)26-15-18-8-4-2-5-9-18/h2-14,17,26H,15-16H2,1H3,(H,27,28)/t17-/m1/s1. The zero-order chi connectivity index (χ0) is 23.8. The van der Waals surface area contributed by atoms with E-state index in [1.54, 1.807) is 24.3 Å². The summed E-state index contributed by atoms with van der Waals surface area (Å²) in [6.07, 6.45) is 0. The molecule has 0 aliphatic heterocycles. The number of sulfonamides is 1. The van der Waals surface area contributed by atoms with E-state index < -0.39 is 28.5 Å². The molecule has 3 rings (SSSR count). The SMILES string of the molecule is C[C@@H](NC(=O)COC(=O)c1ccc(Cl)c(S(=O)(=O)NCc2ccccc2)c1)c1ccccc1. The Balaban J connectivity index is 1.62. The number of nitrogens with one attached hydrogen (secondary N) is 2. The third-order valence-electron chi connectivity index (χ3n) is 4.78. The van der Waals surface area contributed by atoms with E-state index in [0.717, 1.165) is 17.2 Å². The Morgan fingerprint density at radius 1 is 0.970 bits per heavy atom. The van der Waals surface area contributed by atoms with Crippen molar-refractivity contribution in [1.82, 2.24) is 10.0 Å². The van der Waals surface area contributed by atoms with Crippen LogP contribution in [0.1, 0.15) is 34.5 Å². The van der Waals surface area contributed by atoms with Crippen LogP contribution >= 0.6 is 11.6 Å². The van der Waals surface area contributed by atoms with E-state index in [0.29, 0.717) is 0 Å². The third-order valence-corrected chi connectivity index (χ3v) is 6.66. The number of rotatable bonds is 9. The van der Waals surface area contributed by atoms with Gasteiger partial charge in [0.15, 0.2) is 6.61 Å².